The molecule has 1 aliphatic rings. The number of carbonyl (C=O) groups excluding carboxylic acids is 1. The molecule has 1 aromatic carbocycles. The minimum atomic E-state index is 0.0959. The number of hydrogen-bond acceptors (Lipinski definition) is 3. The Hall–Kier alpha value is -1.55. The summed E-state index contributed by atoms with van der Waals surface area (Å²) in [5, 5.41) is 1.91. The second-order valence-corrected chi connectivity index (χ2v) is 4.35. The van der Waals surface area contributed by atoms with Gasteiger partial charge in [0.25, 0.3) is 0 Å². The van der Waals surface area contributed by atoms with Crippen molar-refractivity contribution >= 4 is 11.6 Å². The second-order valence-electron chi connectivity index (χ2n) is 4.35. The van der Waals surface area contributed by atoms with Crippen molar-refractivity contribution in [3.05, 3.63) is 29.8 Å². The average molecular weight is 233 g/mol. The normalized spacial score (nSPS) is 15.1. The Bertz CT molecular complexity index is 392. The number of hydrazine groups is 1. The van der Waals surface area contributed by atoms with E-state index in [4.69, 9.17) is 5.73 Å². The molecular formula is C13H19N3O. The number of nitrogens with zero attached hydrogens (tertiary/aromatic N) is 1. The van der Waals surface area contributed by atoms with Gasteiger partial charge in [-0.15, -0.1) is 0 Å². The van der Waals surface area contributed by atoms with Gasteiger partial charge >= 0.3 is 0 Å². The number of carbonyl (C=O) groups is 1. The standard InChI is InChI=1S/C13H19N3O/c14-8-2-1-4-11-5-3-6-12(10-11)16-9-7-13(17)15-16/h3,5-6,10H,1-2,4,7-9,14H2,(H,15,17). The molecule has 0 radical (unpaired) electrons. The van der Waals surface area contributed by atoms with Crippen LogP contribution in [0.15, 0.2) is 24.3 Å². The van der Waals surface area contributed by atoms with E-state index in [0.717, 1.165) is 38.0 Å². The van der Waals surface area contributed by atoms with Crippen LogP contribution in [0.1, 0.15) is 24.8 Å². The molecule has 1 fully saturated rings. The number of unbranched alkanes of at least 4 members (excludes halogenated alkanes) is 1. The first kappa shape index (κ1) is 11.9. The van der Waals surface area contributed by atoms with Crippen LogP contribution in [-0.4, -0.2) is 19.0 Å². The van der Waals surface area contributed by atoms with Crippen LogP contribution in [0.2, 0.25) is 0 Å². The number of anilines is 1. The molecule has 92 valence electrons. The molecular weight excluding hydrogens is 214 g/mol. The first-order chi connectivity index (χ1) is 8.29. The van der Waals surface area contributed by atoms with Gasteiger partial charge in [-0.3, -0.25) is 15.2 Å². The highest BCUT2D eigenvalue weighted by Crippen LogP contribution is 2.18. The van der Waals surface area contributed by atoms with Gasteiger partial charge < -0.3 is 5.73 Å². The first-order valence-corrected chi connectivity index (χ1v) is 6.15. The van der Waals surface area contributed by atoms with Crippen molar-refractivity contribution in [2.45, 2.75) is 25.7 Å². The third kappa shape index (κ3) is 3.20. The molecule has 0 atom stereocenters. The van der Waals surface area contributed by atoms with Crippen molar-refractivity contribution in [2.24, 2.45) is 5.73 Å². The molecule has 4 heteroatoms. The minimum absolute atomic E-state index is 0.0959. The van der Waals surface area contributed by atoms with Gasteiger partial charge in [0.15, 0.2) is 0 Å². The molecule has 3 N–H and O–H groups in total. The summed E-state index contributed by atoms with van der Waals surface area (Å²) in [7, 11) is 0. The predicted molar refractivity (Wildman–Crippen MR) is 68.5 cm³/mol. The van der Waals surface area contributed by atoms with Gasteiger partial charge in [-0.2, -0.15) is 0 Å². The van der Waals surface area contributed by atoms with Crippen LogP contribution in [0.3, 0.4) is 0 Å². The lowest BCUT2D eigenvalue weighted by Gasteiger charge is -2.18. The number of hydrogen-bond donors (Lipinski definition) is 2. The van der Waals surface area contributed by atoms with E-state index >= 15 is 0 Å². The maximum absolute atomic E-state index is 11.2. The summed E-state index contributed by atoms with van der Waals surface area (Å²) in [5.74, 6) is 0.0959. The molecule has 2 rings (SSSR count). The lowest BCUT2D eigenvalue weighted by molar-refractivity contribution is -0.119. The number of aryl methyl sites for hydroxylation is 1. The summed E-state index contributed by atoms with van der Waals surface area (Å²) in [5.41, 5.74) is 10.7. The Kier molecular flexibility index (Phi) is 3.98. The predicted octanol–water partition coefficient (Wildman–Crippen LogP) is 1.21. The molecule has 1 aliphatic heterocycles. The molecule has 0 saturated carbocycles. The summed E-state index contributed by atoms with van der Waals surface area (Å²) < 4.78 is 0. The van der Waals surface area contributed by atoms with Gasteiger partial charge in [-0.1, -0.05) is 12.1 Å². The summed E-state index contributed by atoms with van der Waals surface area (Å²) >= 11 is 0. The van der Waals surface area contributed by atoms with Crippen LogP contribution in [0, 0.1) is 0 Å². The highest BCUT2D eigenvalue weighted by Gasteiger charge is 2.18. The van der Waals surface area contributed by atoms with E-state index in [1.807, 2.05) is 17.1 Å². The maximum Gasteiger partial charge on any atom is 0.240 e. The summed E-state index contributed by atoms with van der Waals surface area (Å²) in [4.78, 5) is 11.2. The molecule has 1 heterocycles. The zero-order valence-electron chi connectivity index (χ0n) is 9.98. The molecule has 1 saturated heterocycles. The quantitative estimate of drug-likeness (QED) is 0.752. The van der Waals surface area contributed by atoms with Crippen LogP contribution >= 0.6 is 0 Å². The number of rotatable bonds is 5. The lowest BCUT2D eigenvalue weighted by Crippen LogP contribution is -2.32. The summed E-state index contributed by atoms with van der Waals surface area (Å²) in [6.07, 6.45) is 3.81. The highest BCUT2D eigenvalue weighted by atomic mass is 16.2. The Labute approximate surface area is 102 Å². The zero-order valence-corrected chi connectivity index (χ0v) is 9.98. The van der Waals surface area contributed by atoms with Crippen molar-refractivity contribution in [3.8, 4) is 0 Å². The van der Waals surface area contributed by atoms with E-state index in [2.05, 4.69) is 17.6 Å². The largest absolute Gasteiger partial charge is 0.330 e. The number of nitrogens with one attached hydrogen (secondary N) is 1. The van der Waals surface area contributed by atoms with Gasteiger partial charge in [-0.05, 0) is 43.5 Å². The van der Waals surface area contributed by atoms with Crippen LogP contribution in [0.25, 0.3) is 0 Å². The Morgan fingerprint density at radius 3 is 2.94 bits per heavy atom. The average Bonchev–Trinajstić information content (AvgIpc) is 2.77. The van der Waals surface area contributed by atoms with Crippen molar-refractivity contribution in [2.75, 3.05) is 18.1 Å². The van der Waals surface area contributed by atoms with Gasteiger partial charge in [0.1, 0.15) is 0 Å². The van der Waals surface area contributed by atoms with Gasteiger partial charge in [0, 0.05) is 13.0 Å². The Morgan fingerprint density at radius 1 is 1.35 bits per heavy atom. The number of nitrogens with two attached hydrogens (primary N) is 1. The molecule has 0 spiro atoms. The van der Waals surface area contributed by atoms with Gasteiger partial charge in [0.2, 0.25) is 5.91 Å². The molecule has 0 bridgehead atoms. The second kappa shape index (κ2) is 5.68. The molecule has 0 aromatic heterocycles. The molecule has 1 amide bonds. The Balaban J connectivity index is 1.98. The fourth-order valence-electron chi connectivity index (χ4n) is 2.02. The lowest BCUT2D eigenvalue weighted by atomic mass is 10.1. The molecule has 17 heavy (non-hydrogen) atoms. The van der Waals surface area contributed by atoms with Crippen molar-refractivity contribution in [1.82, 2.24) is 5.43 Å². The molecule has 0 aliphatic carbocycles. The summed E-state index contributed by atoms with van der Waals surface area (Å²) in [6.45, 7) is 1.51. The van der Waals surface area contributed by atoms with Crippen LogP contribution in [0.4, 0.5) is 5.69 Å². The molecule has 0 unspecified atom stereocenters. The Morgan fingerprint density at radius 2 is 2.24 bits per heavy atom. The van der Waals surface area contributed by atoms with E-state index in [-0.39, 0.29) is 5.91 Å². The van der Waals surface area contributed by atoms with Crippen molar-refractivity contribution in [1.29, 1.82) is 0 Å². The van der Waals surface area contributed by atoms with Crippen molar-refractivity contribution in [3.63, 3.8) is 0 Å². The maximum atomic E-state index is 11.2. The third-order valence-electron chi connectivity index (χ3n) is 2.96. The number of benzene rings is 1. The highest BCUT2D eigenvalue weighted by molar-refractivity contribution is 5.81. The molecule has 4 nitrogen and oxygen atoms in total. The van der Waals surface area contributed by atoms with E-state index in [9.17, 15) is 4.79 Å². The monoisotopic (exact) mass is 233 g/mol. The van der Waals surface area contributed by atoms with E-state index < -0.39 is 0 Å². The van der Waals surface area contributed by atoms with Gasteiger partial charge in [-0.25, -0.2) is 0 Å². The van der Waals surface area contributed by atoms with E-state index in [1.165, 1.54) is 5.56 Å². The van der Waals surface area contributed by atoms with Gasteiger partial charge in [0.05, 0.1) is 5.69 Å². The smallest absolute Gasteiger partial charge is 0.240 e. The van der Waals surface area contributed by atoms with E-state index in [0.29, 0.717) is 6.42 Å². The van der Waals surface area contributed by atoms with Crippen molar-refractivity contribution < 1.29 is 4.79 Å². The fraction of sp³-hybridized carbons (Fsp3) is 0.462. The topological polar surface area (TPSA) is 58.4 Å². The molecule has 1 aromatic rings. The number of amides is 1. The van der Waals surface area contributed by atoms with E-state index in [1.54, 1.807) is 0 Å². The first-order valence-electron chi connectivity index (χ1n) is 6.15. The summed E-state index contributed by atoms with van der Waals surface area (Å²) in [6, 6.07) is 8.33. The zero-order chi connectivity index (χ0) is 12.1. The fourth-order valence-corrected chi connectivity index (χ4v) is 2.02. The van der Waals surface area contributed by atoms with Crippen LogP contribution in [0.5, 0.6) is 0 Å². The van der Waals surface area contributed by atoms with Crippen LogP contribution < -0.4 is 16.2 Å². The third-order valence-corrected chi connectivity index (χ3v) is 2.96. The minimum Gasteiger partial charge on any atom is -0.330 e. The SMILES string of the molecule is NCCCCc1cccc(N2CCC(=O)N2)c1. The van der Waals surface area contributed by atoms with Crippen LogP contribution in [-0.2, 0) is 11.2 Å².